The van der Waals surface area contributed by atoms with Crippen LogP contribution in [0.4, 0.5) is 10.6 Å². The summed E-state index contributed by atoms with van der Waals surface area (Å²) < 4.78 is 17.3. The molecular weight excluding hydrogens is 470 g/mol. The van der Waals surface area contributed by atoms with Crippen LogP contribution < -0.4 is 15.9 Å². The maximum Gasteiger partial charge on any atom is 0.408 e. The van der Waals surface area contributed by atoms with Gasteiger partial charge in [-0.05, 0) is 26.7 Å². The number of hydrogen-bond acceptors (Lipinski definition) is 11. The first-order valence-corrected chi connectivity index (χ1v) is 11.3. The second kappa shape index (κ2) is 11.1. The van der Waals surface area contributed by atoms with E-state index in [2.05, 4.69) is 10.3 Å². The van der Waals surface area contributed by atoms with Gasteiger partial charge >= 0.3 is 16.9 Å². The SMILES string of the molecule is CC(C)[C@H](NC(=O)OC(C)(C)C)C(=O)O[C@@H]1[C@@H](O)[C@@H](CO)O[C@H]1n1c(/N=C/N)c(C=N)sc1=O. The molecule has 13 nitrogen and oxygen atoms in total. The Hall–Kier alpha value is -2.81. The molecule has 1 saturated heterocycles. The summed E-state index contributed by atoms with van der Waals surface area (Å²) in [5.74, 6) is -1.36. The number of aliphatic hydroxyl groups is 2. The van der Waals surface area contributed by atoms with Gasteiger partial charge in [0.25, 0.3) is 0 Å². The molecule has 0 saturated carbocycles. The number of esters is 1. The molecule has 1 aromatic heterocycles. The van der Waals surface area contributed by atoms with Crippen molar-refractivity contribution in [3.8, 4) is 0 Å². The van der Waals surface area contributed by atoms with E-state index in [1.165, 1.54) is 0 Å². The Balaban J connectivity index is 2.38. The van der Waals surface area contributed by atoms with Crippen molar-refractivity contribution in [1.82, 2.24) is 9.88 Å². The van der Waals surface area contributed by atoms with E-state index in [4.69, 9.17) is 25.4 Å². The predicted molar refractivity (Wildman–Crippen MR) is 124 cm³/mol. The van der Waals surface area contributed by atoms with Crippen molar-refractivity contribution in [3.63, 3.8) is 0 Å². The fourth-order valence-electron chi connectivity index (χ4n) is 3.25. The Morgan fingerprint density at radius 1 is 1.41 bits per heavy atom. The van der Waals surface area contributed by atoms with Gasteiger partial charge in [-0.2, -0.15) is 0 Å². The maximum atomic E-state index is 13.0. The number of nitrogens with two attached hydrogens (primary N) is 1. The van der Waals surface area contributed by atoms with Crippen LogP contribution in [0.2, 0.25) is 0 Å². The number of carbonyl (C=O) groups excluding carboxylic acids is 2. The van der Waals surface area contributed by atoms with Crippen LogP contribution in [-0.4, -0.2) is 76.0 Å². The number of nitrogens with zero attached hydrogens (tertiary/aromatic N) is 2. The molecule has 1 aromatic rings. The highest BCUT2D eigenvalue weighted by Gasteiger charge is 2.49. The topological polar surface area (TPSA) is 199 Å². The van der Waals surface area contributed by atoms with E-state index < -0.39 is 65.6 Å². The molecule has 0 aromatic carbocycles. The molecule has 2 rings (SSSR count). The van der Waals surface area contributed by atoms with E-state index in [0.29, 0.717) is 11.3 Å². The van der Waals surface area contributed by atoms with Crippen LogP contribution in [0, 0.1) is 11.3 Å². The fourth-order valence-corrected chi connectivity index (χ4v) is 4.03. The zero-order valence-corrected chi connectivity index (χ0v) is 20.4. The third-order valence-electron chi connectivity index (χ3n) is 4.76. The van der Waals surface area contributed by atoms with Crippen molar-refractivity contribution in [1.29, 1.82) is 5.41 Å². The molecule has 1 amide bonds. The van der Waals surface area contributed by atoms with Gasteiger partial charge in [0.05, 0.1) is 17.8 Å². The second-order valence-electron chi connectivity index (χ2n) is 8.86. The summed E-state index contributed by atoms with van der Waals surface area (Å²) in [6.45, 7) is 7.73. The number of carbonyl (C=O) groups is 2. The summed E-state index contributed by atoms with van der Waals surface area (Å²) in [6.07, 6.45) is -4.51. The van der Waals surface area contributed by atoms with Gasteiger partial charge in [0.1, 0.15) is 23.9 Å². The highest BCUT2D eigenvalue weighted by molar-refractivity contribution is 7.11. The zero-order chi connectivity index (χ0) is 25.8. The first-order chi connectivity index (χ1) is 15.8. The second-order valence-corrected chi connectivity index (χ2v) is 9.85. The first-order valence-electron chi connectivity index (χ1n) is 10.5. The van der Waals surface area contributed by atoms with Crippen molar-refractivity contribution in [3.05, 3.63) is 14.5 Å². The van der Waals surface area contributed by atoms with Crippen molar-refractivity contribution < 1.29 is 34.0 Å². The number of aliphatic hydroxyl groups excluding tert-OH is 2. The molecule has 190 valence electrons. The molecule has 34 heavy (non-hydrogen) atoms. The van der Waals surface area contributed by atoms with Crippen molar-refractivity contribution in [2.24, 2.45) is 16.6 Å². The Labute approximate surface area is 200 Å². The number of aliphatic imine (C=N–C) groups is 1. The van der Waals surface area contributed by atoms with E-state index in [1.54, 1.807) is 34.6 Å². The van der Waals surface area contributed by atoms with Crippen LogP contribution >= 0.6 is 11.3 Å². The number of hydrogen-bond donors (Lipinski definition) is 5. The van der Waals surface area contributed by atoms with E-state index in [1.807, 2.05) is 0 Å². The normalized spacial score (nSPS) is 23.8. The molecule has 0 bridgehead atoms. The lowest BCUT2D eigenvalue weighted by molar-refractivity contribution is -0.162. The highest BCUT2D eigenvalue weighted by atomic mass is 32.1. The minimum absolute atomic E-state index is 0.0309. The largest absolute Gasteiger partial charge is 0.453 e. The minimum Gasteiger partial charge on any atom is -0.453 e. The van der Waals surface area contributed by atoms with Gasteiger partial charge in [0.2, 0.25) is 0 Å². The number of alkyl carbamates (subject to hydrolysis) is 1. The monoisotopic (exact) mass is 501 g/mol. The molecule has 0 aliphatic carbocycles. The Morgan fingerprint density at radius 3 is 2.56 bits per heavy atom. The lowest BCUT2D eigenvalue weighted by atomic mass is 10.0. The van der Waals surface area contributed by atoms with E-state index >= 15 is 0 Å². The number of thiazole rings is 1. The minimum atomic E-state index is -1.50. The molecule has 14 heteroatoms. The summed E-state index contributed by atoms with van der Waals surface area (Å²) in [4.78, 5) is 41.4. The van der Waals surface area contributed by atoms with E-state index in [-0.39, 0.29) is 10.7 Å². The van der Waals surface area contributed by atoms with Crippen LogP contribution in [-0.2, 0) is 19.0 Å². The zero-order valence-electron chi connectivity index (χ0n) is 19.5. The summed E-state index contributed by atoms with van der Waals surface area (Å²) in [6, 6.07) is -1.14. The van der Waals surface area contributed by atoms with Crippen LogP contribution in [0.5, 0.6) is 0 Å². The Kier molecular flexibility index (Phi) is 8.94. The van der Waals surface area contributed by atoms with E-state index in [0.717, 1.165) is 17.1 Å². The molecule has 0 unspecified atom stereocenters. The summed E-state index contributed by atoms with van der Waals surface area (Å²) in [5.41, 5.74) is 4.58. The Bertz CT molecular complexity index is 983. The third-order valence-corrected chi connectivity index (χ3v) is 5.65. The average molecular weight is 502 g/mol. The van der Waals surface area contributed by atoms with Crippen LogP contribution in [0.1, 0.15) is 45.7 Å². The molecule has 1 aliphatic heterocycles. The molecule has 2 heterocycles. The number of aromatic nitrogens is 1. The van der Waals surface area contributed by atoms with Crippen LogP contribution in [0.15, 0.2) is 9.79 Å². The van der Waals surface area contributed by atoms with Crippen molar-refractivity contribution >= 4 is 41.8 Å². The molecule has 0 spiro atoms. The van der Waals surface area contributed by atoms with Crippen molar-refractivity contribution in [2.45, 2.75) is 70.8 Å². The van der Waals surface area contributed by atoms with Gasteiger partial charge in [-0.1, -0.05) is 25.2 Å². The number of nitrogens with one attached hydrogen (secondary N) is 2. The molecule has 5 atom stereocenters. The molecule has 0 radical (unpaired) electrons. The molecule has 1 fully saturated rings. The third kappa shape index (κ3) is 6.20. The smallest absolute Gasteiger partial charge is 0.408 e. The van der Waals surface area contributed by atoms with Gasteiger partial charge in [-0.3, -0.25) is 9.36 Å². The van der Waals surface area contributed by atoms with Gasteiger partial charge in [-0.25, -0.2) is 14.6 Å². The summed E-state index contributed by atoms with van der Waals surface area (Å²) >= 11 is 0.680. The van der Waals surface area contributed by atoms with Crippen LogP contribution in [0.3, 0.4) is 0 Å². The summed E-state index contributed by atoms with van der Waals surface area (Å²) in [5, 5.41) is 30.2. The van der Waals surface area contributed by atoms with Crippen LogP contribution in [0.25, 0.3) is 0 Å². The standard InChI is InChI=1S/C20H31N5O8S/c1-9(2)12(24-18(29)33-20(3,4)5)17(28)32-14-13(27)10(7-26)31-16(14)25-15(23-8-22)11(6-21)34-19(25)30/h6,8-10,12-14,16,21,26-27H,7H2,1-5H3,(H2,22,23)(H,24,29)/t10-,12+,13+,14-,16-/m1/s1. The number of ether oxygens (including phenoxy) is 3. The molecule has 6 N–H and O–H groups in total. The van der Waals surface area contributed by atoms with Gasteiger partial charge in [0, 0.05) is 6.21 Å². The van der Waals surface area contributed by atoms with Gasteiger partial charge in [-0.15, -0.1) is 0 Å². The van der Waals surface area contributed by atoms with Gasteiger partial charge in [0.15, 0.2) is 18.1 Å². The molecular formula is C20H31N5O8S. The predicted octanol–water partition coefficient (Wildman–Crippen LogP) is 0.238. The lowest BCUT2D eigenvalue weighted by Crippen LogP contribution is -2.49. The number of amides is 1. The van der Waals surface area contributed by atoms with E-state index in [9.17, 15) is 24.6 Å². The molecule has 1 aliphatic rings. The van der Waals surface area contributed by atoms with Gasteiger partial charge < -0.3 is 40.9 Å². The maximum absolute atomic E-state index is 13.0. The fraction of sp³-hybridized carbons (Fsp3) is 0.650. The Morgan fingerprint density at radius 2 is 2.06 bits per heavy atom. The highest BCUT2D eigenvalue weighted by Crippen LogP contribution is 2.36. The quantitative estimate of drug-likeness (QED) is 0.188. The summed E-state index contributed by atoms with van der Waals surface area (Å²) in [7, 11) is 0. The lowest BCUT2D eigenvalue weighted by Gasteiger charge is -2.27. The van der Waals surface area contributed by atoms with Crippen molar-refractivity contribution in [2.75, 3.05) is 6.61 Å². The average Bonchev–Trinajstić information content (AvgIpc) is 3.20. The first kappa shape index (κ1) is 27.4. The number of rotatable bonds is 8.